The van der Waals surface area contributed by atoms with E-state index in [4.69, 9.17) is 4.74 Å². The van der Waals surface area contributed by atoms with Crippen LogP contribution in [0.3, 0.4) is 0 Å². The van der Waals surface area contributed by atoms with Crippen LogP contribution in [-0.2, 0) is 4.74 Å². The molecule has 140 valence electrons. The summed E-state index contributed by atoms with van der Waals surface area (Å²) in [6, 6.07) is 0. The van der Waals surface area contributed by atoms with Crippen LogP contribution in [-0.4, -0.2) is 22.9 Å². The summed E-state index contributed by atoms with van der Waals surface area (Å²) >= 11 is 0. The summed E-state index contributed by atoms with van der Waals surface area (Å²) in [4.78, 5) is 0. The third-order valence-corrected chi connectivity index (χ3v) is 9.56. The smallest absolute Gasteiger partial charge is 0.0714 e. The van der Waals surface area contributed by atoms with Crippen LogP contribution in [0.1, 0.15) is 85.0 Å². The molecule has 2 heteroatoms. The quantitative estimate of drug-likeness (QED) is 0.693. The van der Waals surface area contributed by atoms with Crippen molar-refractivity contribution in [2.45, 2.75) is 103 Å². The molecular weight excluding hydrogens is 308 g/mol. The maximum Gasteiger partial charge on any atom is 0.0714 e. The Labute approximate surface area is 153 Å². The summed E-state index contributed by atoms with van der Waals surface area (Å²) in [7, 11) is 0. The standard InChI is InChI=1S/C23H36O2/c1-21-11-8-16(24)14-15(21)4-7-18-19(21)9-12-22(2)20(18)10-13-23(22,3)25-17-5-6-17/h4,16-20,24H,5-14H2,1-3H3/t16?,18-,19-,20+,21+,22+,23?/m1/s1. The lowest BCUT2D eigenvalue weighted by Crippen LogP contribution is -2.54. The fourth-order valence-corrected chi connectivity index (χ4v) is 7.61. The summed E-state index contributed by atoms with van der Waals surface area (Å²) in [6.45, 7) is 7.53. The maximum absolute atomic E-state index is 10.2. The number of rotatable bonds is 2. The molecule has 0 spiro atoms. The zero-order chi connectivity index (χ0) is 17.4. The van der Waals surface area contributed by atoms with Gasteiger partial charge in [0.25, 0.3) is 0 Å². The van der Waals surface area contributed by atoms with Crippen molar-refractivity contribution in [1.29, 1.82) is 0 Å². The number of hydrogen-bond acceptors (Lipinski definition) is 2. The van der Waals surface area contributed by atoms with Gasteiger partial charge in [-0.15, -0.1) is 0 Å². The Bertz CT molecular complexity index is 593. The lowest BCUT2D eigenvalue weighted by molar-refractivity contribution is -0.153. The van der Waals surface area contributed by atoms with E-state index in [1.807, 2.05) is 0 Å². The third kappa shape index (κ3) is 2.29. The van der Waals surface area contributed by atoms with E-state index in [9.17, 15) is 5.11 Å². The molecule has 1 N–H and O–H groups in total. The molecule has 0 amide bonds. The molecule has 0 aromatic heterocycles. The normalized spacial score (nSPS) is 55.1. The maximum atomic E-state index is 10.2. The van der Waals surface area contributed by atoms with E-state index in [1.165, 1.54) is 51.4 Å². The van der Waals surface area contributed by atoms with E-state index in [0.29, 0.717) is 16.9 Å². The van der Waals surface area contributed by atoms with E-state index in [0.717, 1.165) is 30.6 Å². The average molecular weight is 345 g/mol. The van der Waals surface area contributed by atoms with Gasteiger partial charge in [-0.2, -0.15) is 0 Å². The van der Waals surface area contributed by atoms with Crippen LogP contribution in [0, 0.1) is 28.6 Å². The number of fused-ring (bicyclic) bond motifs is 5. The number of allylic oxidation sites excluding steroid dienone is 1. The van der Waals surface area contributed by atoms with Crippen molar-refractivity contribution in [3.63, 3.8) is 0 Å². The van der Waals surface area contributed by atoms with Gasteiger partial charge < -0.3 is 9.84 Å². The number of aliphatic hydroxyl groups excluding tert-OH is 1. The molecule has 2 unspecified atom stereocenters. The minimum atomic E-state index is -0.0913. The zero-order valence-corrected chi connectivity index (χ0v) is 16.4. The van der Waals surface area contributed by atoms with Crippen molar-refractivity contribution in [2.24, 2.45) is 28.6 Å². The second-order valence-electron chi connectivity index (χ2n) is 10.7. The fraction of sp³-hybridized carbons (Fsp3) is 0.913. The highest BCUT2D eigenvalue weighted by molar-refractivity contribution is 5.26. The van der Waals surface area contributed by atoms with Gasteiger partial charge in [0.1, 0.15) is 0 Å². The highest BCUT2D eigenvalue weighted by Gasteiger charge is 2.63. The Kier molecular flexibility index (Phi) is 3.60. The molecule has 0 aromatic rings. The van der Waals surface area contributed by atoms with Crippen LogP contribution in [0.2, 0.25) is 0 Å². The molecule has 2 nitrogen and oxygen atoms in total. The lowest BCUT2D eigenvalue weighted by Gasteiger charge is -2.59. The van der Waals surface area contributed by atoms with Crippen molar-refractivity contribution in [2.75, 3.05) is 0 Å². The summed E-state index contributed by atoms with van der Waals surface area (Å²) in [5, 5.41) is 10.2. The van der Waals surface area contributed by atoms with Crippen molar-refractivity contribution in [3.8, 4) is 0 Å². The van der Waals surface area contributed by atoms with Gasteiger partial charge >= 0.3 is 0 Å². The van der Waals surface area contributed by atoms with Crippen molar-refractivity contribution in [1.82, 2.24) is 0 Å². The van der Waals surface area contributed by atoms with E-state index in [-0.39, 0.29) is 11.7 Å². The Hall–Kier alpha value is -0.340. The summed E-state index contributed by atoms with van der Waals surface area (Å²) in [6.07, 6.45) is 15.3. The first-order valence-corrected chi connectivity index (χ1v) is 10.9. The van der Waals surface area contributed by atoms with Gasteiger partial charge in [0, 0.05) is 0 Å². The topological polar surface area (TPSA) is 29.5 Å². The Balaban J connectivity index is 1.45. The highest BCUT2D eigenvalue weighted by Crippen LogP contribution is 2.68. The SMILES string of the molecule is CC1(OC2CC2)CC[C@H]2[C@@H]3CC=C4CC(O)CC[C@]4(C)[C@@H]3CC[C@@]21C. The number of ether oxygens (including phenoxy) is 1. The lowest BCUT2D eigenvalue weighted by atomic mass is 9.47. The fourth-order valence-electron chi connectivity index (χ4n) is 7.61. The molecule has 0 saturated heterocycles. The van der Waals surface area contributed by atoms with Crippen molar-refractivity contribution in [3.05, 3.63) is 11.6 Å². The molecular formula is C23H36O2. The largest absolute Gasteiger partial charge is 0.393 e. The second-order valence-corrected chi connectivity index (χ2v) is 10.7. The molecule has 0 bridgehead atoms. The molecule has 5 aliphatic rings. The predicted molar refractivity (Wildman–Crippen MR) is 100 cm³/mol. The van der Waals surface area contributed by atoms with Gasteiger partial charge in [-0.3, -0.25) is 0 Å². The third-order valence-electron chi connectivity index (χ3n) is 9.56. The first-order chi connectivity index (χ1) is 11.9. The minimum Gasteiger partial charge on any atom is -0.393 e. The average Bonchev–Trinajstić information content (AvgIpc) is 3.33. The van der Waals surface area contributed by atoms with Gasteiger partial charge in [-0.05, 0) is 99.7 Å². The Morgan fingerprint density at radius 2 is 1.72 bits per heavy atom. The van der Waals surface area contributed by atoms with Gasteiger partial charge in [-0.25, -0.2) is 0 Å². The van der Waals surface area contributed by atoms with Gasteiger partial charge in [0.05, 0.1) is 17.8 Å². The second kappa shape index (κ2) is 5.35. The molecule has 0 aliphatic heterocycles. The first kappa shape index (κ1) is 16.8. The van der Waals surface area contributed by atoms with Crippen LogP contribution in [0.5, 0.6) is 0 Å². The molecule has 5 rings (SSSR count). The summed E-state index contributed by atoms with van der Waals surface area (Å²) in [5.74, 6) is 2.50. The minimum absolute atomic E-state index is 0.0913. The van der Waals surface area contributed by atoms with Crippen molar-refractivity contribution < 1.29 is 9.84 Å². The molecule has 0 radical (unpaired) electrons. The van der Waals surface area contributed by atoms with Gasteiger partial charge in [0.2, 0.25) is 0 Å². The Morgan fingerprint density at radius 1 is 0.960 bits per heavy atom. The first-order valence-electron chi connectivity index (χ1n) is 10.9. The zero-order valence-electron chi connectivity index (χ0n) is 16.4. The summed E-state index contributed by atoms with van der Waals surface area (Å²) in [5.41, 5.74) is 2.43. The summed E-state index contributed by atoms with van der Waals surface area (Å²) < 4.78 is 6.66. The van der Waals surface area contributed by atoms with Gasteiger partial charge in [0.15, 0.2) is 0 Å². The molecule has 0 aromatic carbocycles. The predicted octanol–water partition coefficient (Wildman–Crippen LogP) is 5.25. The van der Waals surface area contributed by atoms with Crippen LogP contribution in [0.4, 0.5) is 0 Å². The molecule has 7 atom stereocenters. The molecule has 5 aliphatic carbocycles. The number of aliphatic hydroxyl groups is 1. The molecule has 0 heterocycles. The monoisotopic (exact) mass is 344 g/mol. The van der Waals surface area contributed by atoms with Crippen LogP contribution >= 0.6 is 0 Å². The molecule has 4 fully saturated rings. The van der Waals surface area contributed by atoms with Crippen LogP contribution in [0.15, 0.2) is 11.6 Å². The van der Waals surface area contributed by atoms with E-state index >= 15 is 0 Å². The Morgan fingerprint density at radius 3 is 2.48 bits per heavy atom. The van der Waals surface area contributed by atoms with Crippen LogP contribution in [0.25, 0.3) is 0 Å². The van der Waals surface area contributed by atoms with E-state index in [1.54, 1.807) is 5.57 Å². The van der Waals surface area contributed by atoms with Crippen molar-refractivity contribution >= 4 is 0 Å². The van der Waals surface area contributed by atoms with E-state index in [2.05, 4.69) is 26.8 Å². The molecule has 25 heavy (non-hydrogen) atoms. The van der Waals surface area contributed by atoms with Crippen LogP contribution < -0.4 is 0 Å². The molecule has 4 saturated carbocycles. The van der Waals surface area contributed by atoms with Gasteiger partial charge in [-0.1, -0.05) is 25.5 Å². The number of hydrogen-bond donors (Lipinski definition) is 1. The highest BCUT2D eigenvalue weighted by atomic mass is 16.5. The van der Waals surface area contributed by atoms with E-state index < -0.39 is 0 Å².